The molecule has 6 heteroatoms. The van der Waals surface area contributed by atoms with Gasteiger partial charge >= 0.3 is 0 Å². The maximum absolute atomic E-state index is 12.6. The molecule has 3 rings (SSSR count). The first-order valence-corrected chi connectivity index (χ1v) is 9.12. The van der Waals surface area contributed by atoms with E-state index in [1.54, 1.807) is 11.3 Å². The molecule has 1 aliphatic rings. The largest absolute Gasteiger partial charge is 0.379 e. The molecule has 0 aromatic carbocycles. The van der Waals surface area contributed by atoms with Crippen LogP contribution >= 0.6 is 11.3 Å². The fraction of sp³-hybridized carbons (Fsp3) is 0.588. The lowest BCUT2D eigenvalue weighted by atomic mass is 10.2. The summed E-state index contributed by atoms with van der Waals surface area (Å²) in [4.78, 5) is 19.6. The van der Waals surface area contributed by atoms with Crippen molar-refractivity contribution in [1.82, 2.24) is 15.2 Å². The SMILES string of the molecule is CCC(C)NC(=O)c1[nH]c2cc(C)sc2c1CN1CCOCC1. The van der Waals surface area contributed by atoms with Crippen molar-refractivity contribution in [2.45, 2.75) is 39.8 Å². The van der Waals surface area contributed by atoms with E-state index in [2.05, 4.69) is 35.1 Å². The van der Waals surface area contributed by atoms with Crippen molar-refractivity contribution in [3.63, 3.8) is 0 Å². The van der Waals surface area contributed by atoms with Crippen molar-refractivity contribution in [3.8, 4) is 0 Å². The highest BCUT2D eigenvalue weighted by Crippen LogP contribution is 2.31. The van der Waals surface area contributed by atoms with E-state index in [4.69, 9.17) is 4.74 Å². The lowest BCUT2D eigenvalue weighted by Crippen LogP contribution is -2.37. The van der Waals surface area contributed by atoms with Gasteiger partial charge in [0.2, 0.25) is 0 Å². The summed E-state index contributed by atoms with van der Waals surface area (Å²) < 4.78 is 6.64. The van der Waals surface area contributed by atoms with Gasteiger partial charge in [0.15, 0.2) is 0 Å². The molecule has 0 aliphatic carbocycles. The second-order valence-electron chi connectivity index (χ2n) is 6.25. The number of aromatic amines is 1. The lowest BCUT2D eigenvalue weighted by Gasteiger charge is -2.26. The maximum Gasteiger partial charge on any atom is 0.268 e. The van der Waals surface area contributed by atoms with Crippen molar-refractivity contribution in [2.75, 3.05) is 26.3 Å². The van der Waals surface area contributed by atoms with Crippen LogP contribution in [0.1, 0.15) is 41.2 Å². The normalized spacial score (nSPS) is 17.5. The molecule has 3 heterocycles. The molecule has 0 saturated carbocycles. The number of hydrogen-bond acceptors (Lipinski definition) is 4. The van der Waals surface area contributed by atoms with E-state index in [-0.39, 0.29) is 11.9 Å². The quantitative estimate of drug-likeness (QED) is 0.883. The molecule has 1 atom stereocenters. The zero-order chi connectivity index (χ0) is 16.4. The molecule has 1 fully saturated rings. The van der Waals surface area contributed by atoms with E-state index in [0.29, 0.717) is 0 Å². The van der Waals surface area contributed by atoms with E-state index in [9.17, 15) is 4.79 Å². The van der Waals surface area contributed by atoms with Gasteiger partial charge < -0.3 is 15.0 Å². The number of amides is 1. The Bertz CT molecular complexity index is 685. The molecule has 126 valence electrons. The maximum atomic E-state index is 12.6. The third-order valence-electron chi connectivity index (χ3n) is 4.39. The number of carbonyl (C=O) groups is 1. The summed E-state index contributed by atoms with van der Waals surface area (Å²) in [5.41, 5.74) is 2.92. The summed E-state index contributed by atoms with van der Waals surface area (Å²) in [6.07, 6.45) is 0.929. The number of aromatic nitrogens is 1. The second-order valence-corrected chi connectivity index (χ2v) is 7.51. The lowest BCUT2D eigenvalue weighted by molar-refractivity contribution is 0.0342. The minimum Gasteiger partial charge on any atom is -0.379 e. The van der Waals surface area contributed by atoms with Gasteiger partial charge in [0, 0.05) is 36.1 Å². The molecule has 0 bridgehead atoms. The van der Waals surface area contributed by atoms with Crippen LogP contribution in [0.3, 0.4) is 0 Å². The fourth-order valence-corrected chi connectivity index (χ4v) is 3.89. The Morgan fingerprint density at radius 2 is 2.22 bits per heavy atom. The van der Waals surface area contributed by atoms with Gasteiger partial charge in [-0.2, -0.15) is 0 Å². The van der Waals surface area contributed by atoms with Crippen LogP contribution in [-0.4, -0.2) is 48.1 Å². The van der Waals surface area contributed by atoms with E-state index in [1.165, 1.54) is 9.58 Å². The Morgan fingerprint density at radius 3 is 2.91 bits per heavy atom. The summed E-state index contributed by atoms with van der Waals surface area (Å²) in [6, 6.07) is 2.31. The topological polar surface area (TPSA) is 57.4 Å². The van der Waals surface area contributed by atoms with Crippen LogP contribution in [0.15, 0.2) is 6.07 Å². The standard InChI is InChI=1S/C17H25N3O2S/c1-4-11(2)18-17(21)15-13(10-20-5-7-22-8-6-20)16-14(19-15)9-12(3)23-16/h9,11,19H,4-8,10H2,1-3H3,(H,18,21). The van der Waals surface area contributed by atoms with Crippen molar-refractivity contribution in [2.24, 2.45) is 0 Å². The zero-order valence-corrected chi connectivity index (χ0v) is 14.9. The smallest absolute Gasteiger partial charge is 0.268 e. The van der Waals surface area contributed by atoms with Crippen LogP contribution in [0, 0.1) is 6.92 Å². The molecule has 1 unspecified atom stereocenters. The third kappa shape index (κ3) is 3.59. The Labute approximate surface area is 141 Å². The number of hydrogen-bond donors (Lipinski definition) is 2. The van der Waals surface area contributed by atoms with Gasteiger partial charge in [0.1, 0.15) is 5.69 Å². The van der Waals surface area contributed by atoms with E-state index in [1.807, 2.05) is 6.92 Å². The zero-order valence-electron chi connectivity index (χ0n) is 14.1. The average molecular weight is 335 g/mol. The molecule has 2 aromatic heterocycles. The van der Waals surface area contributed by atoms with Crippen LogP contribution in [0.4, 0.5) is 0 Å². The Balaban J connectivity index is 1.91. The van der Waals surface area contributed by atoms with Gasteiger partial charge in [-0.05, 0) is 26.3 Å². The Hall–Kier alpha value is -1.37. The molecule has 0 spiro atoms. The summed E-state index contributed by atoms with van der Waals surface area (Å²) in [7, 11) is 0. The van der Waals surface area contributed by atoms with Crippen molar-refractivity contribution >= 4 is 27.5 Å². The van der Waals surface area contributed by atoms with Crippen LogP contribution in [-0.2, 0) is 11.3 Å². The van der Waals surface area contributed by atoms with Gasteiger partial charge in [0.25, 0.3) is 5.91 Å². The molecule has 0 radical (unpaired) electrons. The van der Waals surface area contributed by atoms with Crippen molar-refractivity contribution < 1.29 is 9.53 Å². The van der Waals surface area contributed by atoms with Crippen molar-refractivity contribution in [1.29, 1.82) is 0 Å². The number of nitrogens with zero attached hydrogens (tertiary/aromatic N) is 1. The summed E-state index contributed by atoms with van der Waals surface area (Å²) >= 11 is 1.76. The monoisotopic (exact) mass is 335 g/mol. The average Bonchev–Trinajstić information content (AvgIpc) is 3.05. The highest BCUT2D eigenvalue weighted by Gasteiger charge is 2.23. The van der Waals surface area contributed by atoms with Crippen LogP contribution < -0.4 is 5.32 Å². The van der Waals surface area contributed by atoms with Gasteiger partial charge in [-0.25, -0.2) is 0 Å². The van der Waals surface area contributed by atoms with E-state index >= 15 is 0 Å². The number of fused-ring (bicyclic) bond motifs is 1. The van der Waals surface area contributed by atoms with Gasteiger partial charge in [0.05, 0.1) is 23.4 Å². The first-order chi connectivity index (χ1) is 11.1. The predicted molar refractivity (Wildman–Crippen MR) is 94.2 cm³/mol. The molecule has 23 heavy (non-hydrogen) atoms. The molecule has 1 amide bonds. The predicted octanol–water partition coefficient (Wildman–Crippen LogP) is 2.90. The minimum atomic E-state index is 0.00339. The minimum absolute atomic E-state index is 0.00339. The number of morpholine rings is 1. The van der Waals surface area contributed by atoms with Gasteiger partial charge in [-0.3, -0.25) is 9.69 Å². The number of rotatable bonds is 5. The number of carbonyl (C=O) groups excluding carboxylic acids is 1. The van der Waals surface area contributed by atoms with Crippen LogP contribution in [0.5, 0.6) is 0 Å². The Morgan fingerprint density at radius 1 is 1.48 bits per heavy atom. The number of nitrogens with one attached hydrogen (secondary N) is 2. The summed E-state index contributed by atoms with van der Waals surface area (Å²) in [5, 5.41) is 3.08. The first-order valence-electron chi connectivity index (χ1n) is 8.30. The fourth-order valence-electron chi connectivity index (χ4n) is 2.88. The molecule has 1 aliphatic heterocycles. The number of ether oxygens (including phenoxy) is 1. The second kappa shape index (κ2) is 7.03. The number of aryl methyl sites for hydroxylation is 1. The van der Waals surface area contributed by atoms with Crippen LogP contribution in [0.2, 0.25) is 0 Å². The number of H-pyrrole nitrogens is 1. The van der Waals surface area contributed by atoms with Crippen molar-refractivity contribution in [3.05, 3.63) is 22.2 Å². The summed E-state index contributed by atoms with van der Waals surface area (Å²) in [6.45, 7) is 10.4. The molecule has 1 saturated heterocycles. The summed E-state index contributed by atoms with van der Waals surface area (Å²) in [5.74, 6) is 0.00339. The van der Waals surface area contributed by atoms with Gasteiger partial charge in [-0.1, -0.05) is 6.92 Å². The highest BCUT2D eigenvalue weighted by molar-refractivity contribution is 7.19. The van der Waals surface area contributed by atoms with E-state index in [0.717, 1.165) is 56.0 Å². The van der Waals surface area contributed by atoms with Gasteiger partial charge in [-0.15, -0.1) is 11.3 Å². The Kier molecular flexibility index (Phi) is 5.04. The molecule has 2 N–H and O–H groups in total. The molecule has 5 nitrogen and oxygen atoms in total. The third-order valence-corrected chi connectivity index (χ3v) is 5.50. The molecular weight excluding hydrogens is 310 g/mol. The highest BCUT2D eigenvalue weighted by atomic mass is 32.1. The van der Waals surface area contributed by atoms with Crippen LogP contribution in [0.25, 0.3) is 10.2 Å². The first kappa shape index (κ1) is 16.5. The van der Waals surface area contributed by atoms with E-state index < -0.39 is 0 Å². The molecule has 2 aromatic rings. The molecular formula is C17H25N3O2S. The number of thiophene rings is 1.